The van der Waals surface area contributed by atoms with Crippen LogP contribution in [0.5, 0.6) is 0 Å². The number of esters is 2. The first-order chi connectivity index (χ1) is 9.00. The molecule has 1 heterocycles. The van der Waals surface area contributed by atoms with Crippen LogP contribution >= 0.6 is 11.8 Å². The van der Waals surface area contributed by atoms with Gasteiger partial charge in [0, 0.05) is 11.3 Å². The van der Waals surface area contributed by atoms with Gasteiger partial charge in [-0.2, -0.15) is 11.8 Å². The second-order valence-corrected chi connectivity index (χ2v) is 4.79. The Morgan fingerprint density at radius 3 is 2.53 bits per heavy atom. The van der Waals surface area contributed by atoms with Crippen LogP contribution in [0.25, 0.3) is 0 Å². The van der Waals surface area contributed by atoms with Gasteiger partial charge in [-0.15, -0.1) is 0 Å². The molecule has 0 aliphatic carbocycles. The minimum absolute atomic E-state index is 0.245. The van der Waals surface area contributed by atoms with Crippen molar-refractivity contribution in [2.24, 2.45) is 0 Å². The van der Waals surface area contributed by atoms with E-state index in [2.05, 4.69) is 6.58 Å². The van der Waals surface area contributed by atoms with Gasteiger partial charge in [0.2, 0.25) is 6.29 Å². The summed E-state index contributed by atoms with van der Waals surface area (Å²) in [5, 5.41) is 0. The van der Waals surface area contributed by atoms with Crippen molar-refractivity contribution in [3.05, 3.63) is 12.2 Å². The molecule has 0 aromatic heterocycles. The highest BCUT2D eigenvalue weighted by Crippen LogP contribution is 2.14. The summed E-state index contributed by atoms with van der Waals surface area (Å²) in [5.74, 6) is 0.293. The van der Waals surface area contributed by atoms with E-state index < -0.39 is 24.3 Å². The summed E-state index contributed by atoms with van der Waals surface area (Å²) in [6.45, 7) is 11.0. The van der Waals surface area contributed by atoms with E-state index in [1.54, 1.807) is 11.8 Å². The second-order valence-electron chi connectivity index (χ2n) is 3.64. The van der Waals surface area contributed by atoms with E-state index in [-0.39, 0.29) is 5.57 Å². The smallest absolute Gasteiger partial charge is 0.349 e. The molecule has 0 bridgehead atoms. The van der Waals surface area contributed by atoms with Crippen molar-refractivity contribution in [2.75, 3.05) is 18.1 Å². The minimum Gasteiger partial charge on any atom is -0.447 e. The van der Waals surface area contributed by atoms with Gasteiger partial charge < -0.3 is 14.2 Å². The summed E-state index contributed by atoms with van der Waals surface area (Å²) in [6, 6.07) is 0. The standard InChI is InChI=1S/C11H16O5S.C2H6/c1-7(2)10(12)15-8(3)11(13)16-9-6-17-5-4-14-9;1-2/h8-9H,1,4-6H2,2-3H3;1-2H3. The van der Waals surface area contributed by atoms with Crippen LogP contribution in [0.1, 0.15) is 27.7 Å². The second kappa shape index (κ2) is 9.86. The van der Waals surface area contributed by atoms with Gasteiger partial charge >= 0.3 is 11.9 Å². The summed E-state index contributed by atoms with van der Waals surface area (Å²) in [4.78, 5) is 22.7. The van der Waals surface area contributed by atoms with E-state index >= 15 is 0 Å². The molecule has 6 heteroatoms. The largest absolute Gasteiger partial charge is 0.447 e. The average Bonchev–Trinajstić information content (AvgIpc) is 2.41. The number of hydrogen-bond acceptors (Lipinski definition) is 6. The van der Waals surface area contributed by atoms with E-state index in [9.17, 15) is 9.59 Å². The number of rotatable bonds is 4. The van der Waals surface area contributed by atoms with E-state index in [4.69, 9.17) is 14.2 Å². The Labute approximate surface area is 118 Å². The lowest BCUT2D eigenvalue weighted by atomic mass is 10.3. The highest BCUT2D eigenvalue weighted by molar-refractivity contribution is 7.99. The number of ether oxygens (including phenoxy) is 3. The van der Waals surface area contributed by atoms with Crippen LogP contribution in [0.2, 0.25) is 0 Å². The molecule has 1 rings (SSSR count). The van der Waals surface area contributed by atoms with Gasteiger partial charge in [0.15, 0.2) is 6.10 Å². The molecule has 1 aliphatic heterocycles. The van der Waals surface area contributed by atoms with Crippen molar-refractivity contribution in [1.82, 2.24) is 0 Å². The van der Waals surface area contributed by atoms with Crippen LogP contribution in [0, 0.1) is 0 Å². The van der Waals surface area contributed by atoms with Gasteiger partial charge in [0.25, 0.3) is 0 Å². The first-order valence-electron chi connectivity index (χ1n) is 6.27. The van der Waals surface area contributed by atoms with E-state index in [0.29, 0.717) is 12.4 Å². The fraction of sp³-hybridized carbons (Fsp3) is 0.692. The minimum atomic E-state index is -0.949. The predicted octanol–water partition coefficient (Wildman–Crippen LogP) is 2.15. The van der Waals surface area contributed by atoms with Crippen molar-refractivity contribution in [1.29, 1.82) is 0 Å². The third-order valence-electron chi connectivity index (χ3n) is 2.00. The van der Waals surface area contributed by atoms with Crippen molar-refractivity contribution in [2.45, 2.75) is 40.1 Å². The van der Waals surface area contributed by atoms with Crippen LogP contribution in [-0.2, 0) is 23.8 Å². The highest BCUT2D eigenvalue weighted by Gasteiger charge is 2.25. The number of hydrogen-bond donors (Lipinski definition) is 0. The summed E-state index contributed by atoms with van der Waals surface area (Å²) >= 11 is 1.65. The maximum absolute atomic E-state index is 11.6. The Balaban J connectivity index is 0.00000154. The first kappa shape index (κ1) is 18.0. The third kappa shape index (κ3) is 7.22. The molecule has 1 saturated heterocycles. The van der Waals surface area contributed by atoms with Crippen molar-refractivity contribution in [3.63, 3.8) is 0 Å². The average molecular weight is 290 g/mol. The SMILES string of the molecule is C=C(C)C(=O)OC(C)C(=O)OC1CSCCO1.CC. The lowest BCUT2D eigenvalue weighted by Crippen LogP contribution is -2.34. The van der Waals surface area contributed by atoms with Crippen LogP contribution in [-0.4, -0.2) is 42.4 Å². The summed E-state index contributed by atoms with van der Waals surface area (Å²) in [7, 11) is 0. The summed E-state index contributed by atoms with van der Waals surface area (Å²) in [5.41, 5.74) is 0.245. The quantitative estimate of drug-likeness (QED) is 0.584. The molecule has 19 heavy (non-hydrogen) atoms. The van der Waals surface area contributed by atoms with Gasteiger partial charge in [0.1, 0.15) is 0 Å². The Bertz CT molecular complexity index is 310. The van der Waals surface area contributed by atoms with Crippen LogP contribution in [0.15, 0.2) is 12.2 Å². The van der Waals surface area contributed by atoms with Crippen LogP contribution in [0.3, 0.4) is 0 Å². The monoisotopic (exact) mass is 290 g/mol. The molecule has 110 valence electrons. The lowest BCUT2D eigenvalue weighted by molar-refractivity contribution is -0.187. The molecule has 0 aromatic carbocycles. The Morgan fingerprint density at radius 1 is 1.42 bits per heavy atom. The molecule has 0 saturated carbocycles. The molecule has 2 unspecified atom stereocenters. The molecule has 1 aliphatic rings. The van der Waals surface area contributed by atoms with Gasteiger partial charge in [-0.05, 0) is 13.8 Å². The molecule has 0 N–H and O–H groups in total. The fourth-order valence-corrected chi connectivity index (χ4v) is 1.81. The van der Waals surface area contributed by atoms with Crippen molar-refractivity contribution in [3.8, 4) is 0 Å². The highest BCUT2D eigenvalue weighted by atomic mass is 32.2. The number of carbonyl (C=O) groups is 2. The van der Waals surface area contributed by atoms with Crippen LogP contribution in [0.4, 0.5) is 0 Å². The molecule has 1 fully saturated rings. The molecular weight excluding hydrogens is 268 g/mol. The van der Waals surface area contributed by atoms with E-state index in [0.717, 1.165) is 5.75 Å². The fourth-order valence-electron chi connectivity index (χ4n) is 1.07. The first-order valence-corrected chi connectivity index (χ1v) is 7.42. The van der Waals surface area contributed by atoms with Gasteiger partial charge in [-0.3, -0.25) is 0 Å². The van der Waals surface area contributed by atoms with E-state index in [1.807, 2.05) is 13.8 Å². The lowest BCUT2D eigenvalue weighted by Gasteiger charge is -2.23. The Morgan fingerprint density at radius 2 is 2.05 bits per heavy atom. The molecular formula is C13H22O5S. The van der Waals surface area contributed by atoms with E-state index in [1.165, 1.54) is 13.8 Å². The molecule has 0 aromatic rings. The predicted molar refractivity (Wildman–Crippen MR) is 74.9 cm³/mol. The van der Waals surface area contributed by atoms with Crippen molar-refractivity contribution >= 4 is 23.7 Å². The maximum atomic E-state index is 11.6. The molecule has 0 spiro atoms. The summed E-state index contributed by atoms with van der Waals surface area (Å²) < 4.78 is 15.1. The zero-order chi connectivity index (χ0) is 14.8. The van der Waals surface area contributed by atoms with Gasteiger partial charge in [-0.25, -0.2) is 9.59 Å². The molecule has 2 atom stereocenters. The Hall–Kier alpha value is -1.01. The molecule has 5 nitrogen and oxygen atoms in total. The normalized spacial score (nSPS) is 19.5. The molecule has 0 amide bonds. The van der Waals surface area contributed by atoms with Crippen molar-refractivity contribution < 1.29 is 23.8 Å². The number of carbonyl (C=O) groups excluding carboxylic acids is 2. The zero-order valence-corrected chi connectivity index (χ0v) is 12.7. The zero-order valence-electron chi connectivity index (χ0n) is 11.9. The number of thioether (sulfide) groups is 1. The van der Waals surface area contributed by atoms with Crippen LogP contribution < -0.4 is 0 Å². The Kier molecular flexibility index (Phi) is 9.34. The maximum Gasteiger partial charge on any atom is 0.349 e. The third-order valence-corrected chi connectivity index (χ3v) is 2.96. The molecule has 0 radical (unpaired) electrons. The van der Waals surface area contributed by atoms with Gasteiger partial charge in [-0.1, -0.05) is 20.4 Å². The summed E-state index contributed by atoms with van der Waals surface area (Å²) in [6.07, 6.45) is -1.50. The van der Waals surface area contributed by atoms with Gasteiger partial charge in [0.05, 0.1) is 12.4 Å². The topological polar surface area (TPSA) is 61.8 Å².